The molecule has 7 nitrogen and oxygen atoms in total. The van der Waals surface area contributed by atoms with Gasteiger partial charge in [0.15, 0.2) is 0 Å². The second-order valence-corrected chi connectivity index (χ2v) is 10.4. The first-order valence-electron chi connectivity index (χ1n) is 13.5. The van der Waals surface area contributed by atoms with Crippen molar-refractivity contribution < 1.29 is 9.53 Å². The molecule has 1 amide bonds. The number of rotatable bonds is 5. The SMILES string of the molecule is CC1=N/C=C\C(CN2CCN(C(=O)OCc3ccccc3)CC2)c2cc(C)ccc2C1N1CCNCC1. The quantitative estimate of drug-likeness (QED) is 0.672. The van der Waals surface area contributed by atoms with Gasteiger partial charge in [-0.05, 0) is 30.5 Å². The van der Waals surface area contributed by atoms with E-state index in [4.69, 9.17) is 9.73 Å². The average Bonchev–Trinajstić information content (AvgIpc) is 2.93. The molecule has 37 heavy (non-hydrogen) atoms. The summed E-state index contributed by atoms with van der Waals surface area (Å²) < 4.78 is 5.56. The number of aryl methyl sites for hydroxylation is 1. The lowest BCUT2D eigenvalue weighted by Gasteiger charge is -2.39. The van der Waals surface area contributed by atoms with Gasteiger partial charge in [-0.3, -0.25) is 14.8 Å². The van der Waals surface area contributed by atoms with Crippen molar-refractivity contribution >= 4 is 11.8 Å². The van der Waals surface area contributed by atoms with Crippen molar-refractivity contribution in [3.05, 3.63) is 83.1 Å². The zero-order chi connectivity index (χ0) is 25.6. The van der Waals surface area contributed by atoms with Gasteiger partial charge in [-0.25, -0.2) is 4.79 Å². The minimum atomic E-state index is -0.223. The highest BCUT2D eigenvalue weighted by Gasteiger charge is 2.31. The normalized spacial score (nSPS) is 23.9. The first kappa shape index (κ1) is 25.6. The third-order valence-electron chi connectivity index (χ3n) is 7.74. The van der Waals surface area contributed by atoms with Crippen LogP contribution < -0.4 is 5.32 Å². The molecule has 3 aliphatic rings. The van der Waals surface area contributed by atoms with E-state index in [0.29, 0.717) is 19.7 Å². The number of benzene rings is 2. The van der Waals surface area contributed by atoms with Crippen molar-refractivity contribution in [3.8, 4) is 0 Å². The molecule has 0 aromatic heterocycles. The van der Waals surface area contributed by atoms with Crippen molar-refractivity contribution in [2.45, 2.75) is 32.4 Å². The van der Waals surface area contributed by atoms with E-state index in [1.54, 1.807) is 0 Å². The Morgan fingerprint density at radius 2 is 1.73 bits per heavy atom. The third kappa shape index (κ3) is 6.29. The van der Waals surface area contributed by atoms with E-state index >= 15 is 0 Å². The van der Waals surface area contributed by atoms with Crippen LogP contribution >= 0.6 is 0 Å². The van der Waals surface area contributed by atoms with Crippen molar-refractivity contribution in [2.75, 3.05) is 58.9 Å². The topological polar surface area (TPSA) is 60.4 Å². The molecule has 2 aromatic rings. The molecule has 0 bridgehead atoms. The van der Waals surface area contributed by atoms with E-state index in [0.717, 1.165) is 57.1 Å². The van der Waals surface area contributed by atoms with E-state index in [-0.39, 0.29) is 18.1 Å². The van der Waals surface area contributed by atoms with Crippen molar-refractivity contribution in [2.24, 2.45) is 4.99 Å². The lowest BCUT2D eigenvalue weighted by molar-refractivity contribution is 0.0711. The summed E-state index contributed by atoms with van der Waals surface area (Å²) in [6.07, 6.45) is 4.05. The molecule has 0 saturated carbocycles. The number of carbonyl (C=O) groups excluding carboxylic acids is 1. The lowest BCUT2D eigenvalue weighted by atomic mass is 9.85. The summed E-state index contributed by atoms with van der Waals surface area (Å²) in [4.78, 5) is 24.4. The maximum Gasteiger partial charge on any atom is 0.410 e. The van der Waals surface area contributed by atoms with Crippen LogP contribution in [0.1, 0.15) is 41.1 Å². The highest BCUT2D eigenvalue weighted by atomic mass is 16.6. The van der Waals surface area contributed by atoms with Gasteiger partial charge in [-0.1, -0.05) is 60.2 Å². The Balaban J connectivity index is 1.25. The highest BCUT2D eigenvalue weighted by Crippen LogP contribution is 2.34. The van der Waals surface area contributed by atoms with Crippen LogP contribution in [0.2, 0.25) is 0 Å². The number of hydrogen-bond acceptors (Lipinski definition) is 6. The largest absolute Gasteiger partial charge is 0.445 e. The number of fused-ring (bicyclic) bond motifs is 1. The standard InChI is InChI=1S/C30H39N5O2/c1-23-8-9-27-28(20-23)26(10-11-32-24(2)29(27)34-14-12-31-13-15-34)21-33-16-18-35(19-17-33)30(36)37-22-25-6-4-3-5-7-25/h3-11,20,26,29,31H,12-19,21-22H2,1-2H3/b11-10-,32-24?. The Kier molecular flexibility index (Phi) is 8.34. The Labute approximate surface area is 220 Å². The van der Waals surface area contributed by atoms with Crippen LogP contribution in [0.3, 0.4) is 0 Å². The third-order valence-corrected chi connectivity index (χ3v) is 7.74. The minimum absolute atomic E-state index is 0.210. The van der Waals surface area contributed by atoms with Gasteiger partial charge in [0, 0.05) is 76.7 Å². The van der Waals surface area contributed by atoms with E-state index in [1.807, 2.05) is 41.4 Å². The number of carbonyl (C=O) groups is 1. The molecule has 3 aliphatic heterocycles. The van der Waals surface area contributed by atoms with Crippen LogP contribution in [0.25, 0.3) is 0 Å². The summed E-state index contributed by atoms with van der Waals surface area (Å²) >= 11 is 0. The molecule has 0 spiro atoms. The van der Waals surface area contributed by atoms with E-state index in [1.165, 1.54) is 16.7 Å². The van der Waals surface area contributed by atoms with Crippen LogP contribution in [0.15, 0.2) is 65.8 Å². The van der Waals surface area contributed by atoms with Crippen LogP contribution in [0.4, 0.5) is 4.79 Å². The van der Waals surface area contributed by atoms with E-state index < -0.39 is 0 Å². The van der Waals surface area contributed by atoms with Crippen molar-refractivity contribution in [1.29, 1.82) is 0 Å². The van der Waals surface area contributed by atoms with Gasteiger partial charge in [-0.15, -0.1) is 0 Å². The summed E-state index contributed by atoms with van der Waals surface area (Å²) in [5, 5.41) is 3.48. The molecule has 2 saturated heterocycles. The maximum absolute atomic E-state index is 12.6. The first-order valence-corrected chi connectivity index (χ1v) is 13.5. The lowest BCUT2D eigenvalue weighted by Crippen LogP contribution is -2.49. The molecule has 5 rings (SSSR count). The van der Waals surface area contributed by atoms with Gasteiger partial charge in [0.05, 0.1) is 6.04 Å². The Morgan fingerprint density at radius 1 is 0.973 bits per heavy atom. The molecule has 0 radical (unpaired) electrons. The van der Waals surface area contributed by atoms with E-state index in [2.05, 4.69) is 53.2 Å². The second-order valence-electron chi connectivity index (χ2n) is 10.4. The molecular weight excluding hydrogens is 462 g/mol. The number of hydrogen-bond donors (Lipinski definition) is 1. The van der Waals surface area contributed by atoms with Crippen molar-refractivity contribution in [3.63, 3.8) is 0 Å². The van der Waals surface area contributed by atoms with Gasteiger partial charge in [0.25, 0.3) is 0 Å². The maximum atomic E-state index is 12.6. The molecule has 2 aromatic carbocycles. The average molecular weight is 502 g/mol. The second kappa shape index (κ2) is 12.0. The summed E-state index contributed by atoms with van der Waals surface area (Å²) in [5.41, 5.74) is 6.24. The zero-order valence-corrected chi connectivity index (χ0v) is 22.1. The van der Waals surface area contributed by atoms with E-state index in [9.17, 15) is 4.79 Å². The molecule has 2 fully saturated rings. The van der Waals surface area contributed by atoms with Gasteiger partial charge in [-0.2, -0.15) is 0 Å². The summed E-state index contributed by atoms with van der Waals surface area (Å²) in [7, 11) is 0. The molecule has 196 valence electrons. The Hall–Kier alpha value is -3.00. The number of nitrogens with one attached hydrogen (secondary N) is 1. The predicted molar refractivity (Wildman–Crippen MR) is 148 cm³/mol. The van der Waals surface area contributed by atoms with Gasteiger partial charge >= 0.3 is 6.09 Å². The molecule has 2 atom stereocenters. The fraction of sp³-hybridized carbons (Fsp3) is 0.467. The van der Waals surface area contributed by atoms with Crippen LogP contribution in [0, 0.1) is 6.92 Å². The number of ether oxygens (including phenoxy) is 1. The first-order chi connectivity index (χ1) is 18.1. The summed E-state index contributed by atoms with van der Waals surface area (Å²) in [6.45, 7) is 12.7. The molecule has 7 heteroatoms. The smallest absolute Gasteiger partial charge is 0.410 e. The number of amides is 1. The highest BCUT2D eigenvalue weighted by molar-refractivity contribution is 5.89. The molecule has 2 unspecified atom stereocenters. The minimum Gasteiger partial charge on any atom is -0.445 e. The molecule has 0 aliphatic carbocycles. The fourth-order valence-corrected chi connectivity index (χ4v) is 5.69. The Morgan fingerprint density at radius 3 is 2.49 bits per heavy atom. The molecular formula is C30H39N5O2. The van der Waals surface area contributed by atoms with Gasteiger partial charge < -0.3 is 15.0 Å². The zero-order valence-electron chi connectivity index (χ0n) is 22.1. The Bertz CT molecular complexity index is 1120. The summed E-state index contributed by atoms with van der Waals surface area (Å²) in [5.74, 6) is 0.258. The predicted octanol–water partition coefficient (Wildman–Crippen LogP) is 3.97. The monoisotopic (exact) mass is 501 g/mol. The van der Waals surface area contributed by atoms with Gasteiger partial charge in [0.1, 0.15) is 6.61 Å². The van der Waals surface area contributed by atoms with Crippen LogP contribution in [-0.4, -0.2) is 85.4 Å². The number of nitrogens with zero attached hydrogens (tertiary/aromatic N) is 4. The molecule has 1 N–H and O–H groups in total. The van der Waals surface area contributed by atoms with Crippen LogP contribution in [-0.2, 0) is 11.3 Å². The number of aliphatic imine (C=N–C) groups is 1. The number of piperazine rings is 2. The van der Waals surface area contributed by atoms with Crippen LogP contribution in [0.5, 0.6) is 0 Å². The van der Waals surface area contributed by atoms with Crippen molar-refractivity contribution in [1.82, 2.24) is 20.0 Å². The summed E-state index contributed by atoms with van der Waals surface area (Å²) in [6, 6.07) is 17.0. The molecule has 3 heterocycles. The van der Waals surface area contributed by atoms with Gasteiger partial charge in [0.2, 0.25) is 0 Å². The fourth-order valence-electron chi connectivity index (χ4n) is 5.69.